The second-order valence-electron chi connectivity index (χ2n) is 6.21. The van der Waals surface area contributed by atoms with Crippen molar-refractivity contribution < 1.29 is 4.74 Å². The highest BCUT2D eigenvalue weighted by atomic mass is 35.5. The molecule has 106 valence electrons. The van der Waals surface area contributed by atoms with Gasteiger partial charge in [0.2, 0.25) is 0 Å². The van der Waals surface area contributed by atoms with Crippen LogP contribution in [0.2, 0.25) is 0 Å². The lowest BCUT2D eigenvalue weighted by Gasteiger charge is -2.37. The van der Waals surface area contributed by atoms with Crippen molar-refractivity contribution in [3.63, 3.8) is 0 Å². The molecule has 8 atom stereocenters. The van der Waals surface area contributed by atoms with Gasteiger partial charge in [0.25, 0.3) is 0 Å². The third-order valence-electron chi connectivity index (χ3n) is 5.84. The maximum Gasteiger partial charge on any atom is 0.150 e. The first-order valence-electron chi connectivity index (χ1n) is 6.18. The molecular formula is C13H13Cl5O. The fourth-order valence-corrected chi connectivity index (χ4v) is 7.91. The summed E-state index contributed by atoms with van der Waals surface area (Å²) in [4.78, 5) is -0.916. The first kappa shape index (κ1) is 13.8. The van der Waals surface area contributed by atoms with Crippen molar-refractivity contribution in [3.8, 4) is 0 Å². The summed E-state index contributed by atoms with van der Waals surface area (Å²) in [5.74, 6) is 1.37. The Hall–Kier alpha value is 1.15. The van der Waals surface area contributed by atoms with E-state index >= 15 is 0 Å². The topological polar surface area (TPSA) is 12.5 Å². The maximum absolute atomic E-state index is 6.82. The molecule has 0 radical (unpaired) electrons. The van der Waals surface area contributed by atoms with E-state index < -0.39 is 9.21 Å². The summed E-state index contributed by atoms with van der Waals surface area (Å²) in [6, 6.07) is 0. The SMILES string of the molecule is C.ClC1=C(Cl)C2(Cl)C3C4CC(C5OC45)C3C1C2(Cl)Cl. The largest absolute Gasteiger partial charge is 0.369 e. The number of halogens is 5. The van der Waals surface area contributed by atoms with Crippen LogP contribution in [0.25, 0.3) is 0 Å². The molecule has 19 heavy (non-hydrogen) atoms. The molecule has 0 spiro atoms. The smallest absolute Gasteiger partial charge is 0.150 e. The summed E-state index contributed by atoms with van der Waals surface area (Å²) < 4.78 is 4.66. The molecule has 1 aliphatic heterocycles. The molecule has 1 saturated heterocycles. The predicted octanol–water partition coefficient (Wildman–Crippen LogP) is 4.76. The van der Waals surface area contributed by atoms with Crippen molar-refractivity contribution in [1.82, 2.24) is 0 Å². The standard InChI is InChI=1S/C12H9Cl5O.CH4/c13-7-6-4-2-1-3(9-8(2)18-9)5(4)11(15,10(7)14)12(6,16)17;/h2-6,8-9H,1H2;1H4. The zero-order valence-electron chi connectivity index (χ0n) is 9.05. The summed E-state index contributed by atoms with van der Waals surface area (Å²) in [5, 5.41) is 1.04. The van der Waals surface area contributed by atoms with E-state index in [0.717, 1.165) is 6.42 Å². The van der Waals surface area contributed by atoms with Crippen LogP contribution in [-0.4, -0.2) is 21.4 Å². The molecule has 4 bridgehead atoms. The fraction of sp³-hybridized carbons (Fsp3) is 0.846. The van der Waals surface area contributed by atoms with Gasteiger partial charge in [0.15, 0.2) is 4.33 Å². The molecule has 0 aromatic rings. The van der Waals surface area contributed by atoms with Gasteiger partial charge in [-0.05, 0) is 30.1 Å². The van der Waals surface area contributed by atoms with Gasteiger partial charge in [0.05, 0.1) is 17.2 Å². The Labute approximate surface area is 137 Å². The average molecular weight is 363 g/mol. The van der Waals surface area contributed by atoms with Gasteiger partial charge < -0.3 is 4.74 Å². The highest BCUT2D eigenvalue weighted by Gasteiger charge is 2.84. The Kier molecular flexibility index (Phi) is 2.58. The van der Waals surface area contributed by atoms with Gasteiger partial charge in [0.1, 0.15) is 4.87 Å². The maximum atomic E-state index is 6.82. The second kappa shape index (κ2) is 3.55. The molecular weight excluding hydrogens is 349 g/mol. The predicted molar refractivity (Wildman–Crippen MR) is 79.2 cm³/mol. The highest BCUT2D eigenvalue weighted by Crippen LogP contribution is 2.81. The number of epoxide rings is 1. The van der Waals surface area contributed by atoms with Crippen molar-refractivity contribution >= 4 is 58.0 Å². The molecule has 0 amide bonds. The van der Waals surface area contributed by atoms with Crippen molar-refractivity contribution in [2.45, 2.75) is 35.3 Å². The molecule has 8 unspecified atom stereocenters. The number of rotatable bonds is 0. The molecule has 4 fully saturated rings. The van der Waals surface area contributed by atoms with Gasteiger partial charge in [-0.2, -0.15) is 0 Å². The normalized spacial score (nSPS) is 62.1. The second-order valence-corrected chi connectivity index (χ2v) is 8.97. The van der Waals surface area contributed by atoms with Crippen LogP contribution in [0.1, 0.15) is 13.8 Å². The van der Waals surface area contributed by atoms with Crippen molar-refractivity contribution in [1.29, 1.82) is 0 Å². The summed E-state index contributed by atoms with van der Waals surface area (Å²) in [5.41, 5.74) is 0. The van der Waals surface area contributed by atoms with Gasteiger partial charge in [0, 0.05) is 11.0 Å². The third kappa shape index (κ3) is 1.14. The lowest BCUT2D eigenvalue weighted by molar-refractivity contribution is 0.231. The zero-order valence-corrected chi connectivity index (χ0v) is 12.8. The van der Waals surface area contributed by atoms with Crippen molar-refractivity contribution in [3.05, 3.63) is 10.1 Å². The van der Waals surface area contributed by atoms with E-state index in [1.54, 1.807) is 0 Å². The van der Waals surface area contributed by atoms with Gasteiger partial charge in [-0.15, -0.1) is 11.6 Å². The van der Waals surface area contributed by atoms with Crippen LogP contribution in [0, 0.1) is 29.6 Å². The number of hydrogen-bond donors (Lipinski definition) is 0. The van der Waals surface area contributed by atoms with Crippen LogP contribution < -0.4 is 0 Å². The summed E-state index contributed by atoms with van der Waals surface area (Å²) in [6.45, 7) is 0. The Morgan fingerprint density at radius 1 is 1.05 bits per heavy atom. The van der Waals surface area contributed by atoms with E-state index in [1.165, 1.54) is 0 Å². The van der Waals surface area contributed by atoms with Gasteiger partial charge in [-0.1, -0.05) is 53.8 Å². The first-order valence-corrected chi connectivity index (χ1v) is 8.07. The van der Waals surface area contributed by atoms with Crippen LogP contribution >= 0.6 is 58.0 Å². The van der Waals surface area contributed by atoms with E-state index in [4.69, 9.17) is 62.7 Å². The van der Waals surface area contributed by atoms with Crippen molar-refractivity contribution in [2.75, 3.05) is 0 Å². The van der Waals surface area contributed by atoms with E-state index in [0.29, 0.717) is 40.0 Å². The van der Waals surface area contributed by atoms with E-state index in [-0.39, 0.29) is 19.3 Å². The number of ether oxygens (including phenoxy) is 1. The molecule has 0 aromatic carbocycles. The quantitative estimate of drug-likeness (QED) is 0.344. The molecule has 5 rings (SSSR count). The Morgan fingerprint density at radius 3 is 2.37 bits per heavy atom. The average Bonchev–Trinajstić information content (AvgIpc) is 2.83. The van der Waals surface area contributed by atoms with Crippen LogP contribution in [-0.2, 0) is 4.74 Å². The molecule has 0 aromatic heterocycles. The van der Waals surface area contributed by atoms with Crippen LogP contribution in [0.5, 0.6) is 0 Å². The lowest BCUT2D eigenvalue weighted by atomic mass is 9.73. The summed E-state index contributed by atoms with van der Waals surface area (Å²) in [7, 11) is 0. The van der Waals surface area contributed by atoms with E-state index in [1.807, 2.05) is 0 Å². The molecule has 0 N–H and O–H groups in total. The molecule has 3 saturated carbocycles. The number of hydrogen-bond acceptors (Lipinski definition) is 1. The number of fused-ring (bicyclic) bond motifs is 12. The van der Waals surface area contributed by atoms with Gasteiger partial charge >= 0.3 is 0 Å². The first-order chi connectivity index (χ1) is 8.40. The molecule has 1 heterocycles. The van der Waals surface area contributed by atoms with Gasteiger partial charge in [-0.25, -0.2) is 0 Å². The molecule has 1 nitrogen and oxygen atoms in total. The summed E-state index contributed by atoms with van der Waals surface area (Å²) >= 11 is 32.7. The Balaban J connectivity index is 0.000000968. The molecule has 6 heteroatoms. The number of alkyl halides is 3. The molecule has 4 aliphatic carbocycles. The lowest BCUT2D eigenvalue weighted by Crippen LogP contribution is -2.44. The summed E-state index contributed by atoms with van der Waals surface area (Å²) in [6.07, 6.45) is 1.91. The van der Waals surface area contributed by atoms with Crippen molar-refractivity contribution in [2.24, 2.45) is 29.6 Å². The van der Waals surface area contributed by atoms with E-state index in [9.17, 15) is 0 Å². The van der Waals surface area contributed by atoms with Crippen LogP contribution in [0.4, 0.5) is 0 Å². The monoisotopic (exact) mass is 360 g/mol. The Bertz CT molecular complexity index is 517. The van der Waals surface area contributed by atoms with Gasteiger partial charge in [-0.3, -0.25) is 0 Å². The zero-order chi connectivity index (χ0) is 12.6. The minimum Gasteiger partial charge on any atom is -0.369 e. The Morgan fingerprint density at radius 2 is 1.68 bits per heavy atom. The van der Waals surface area contributed by atoms with Crippen LogP contribution in [0.15, 0.2) is 10.1 Å². The fourth-order valence-electron chi connectivity index (χ4n) is 5.32. The minimum absolute atomic E-state index is 0. The minimum atomic E-state index is -1.08. The van der Waals surface area contributed by atoms with Crippen LogP contribution in [0.3, 0.4) is 0 Å². The third-order valence-corrected chi connectivity index (χ3v) is 8.96. The number of allylic oxidation sites excluding steroid dienone is 2. The van der Waals surface area contributed by atoms with E-state index in [2.05, 4.69) is 0 Å². The molecule has 5 aliphatic rings. The highest BCUT2D eigenvalue weighted by molar-refractivity contribution is 6.60.